The summed E-state index contributed by atoms with van der Waals surface area (Å²) in [6.07, 6.45) is 0.880. The highest BCUT2D eigenvalue weighted by Crippen LogP contribution is 2.25. The molecule has 0 saturated heterocycles. The Morgan fingerprint density at radius 3 is 2.25 bits per heavy atom. The van der Waals surface area contributed by atoms with Crippen molar-refractivity contribution in [2.45, 2.75) is 38.2 Å². The molecule has 1 aromatic rings. The number of rotatable bonds is 6. The summed E-state index contributed by atoms with van der Waals surface area (Å²) in [5.74, 6) is 2.05. The second kappa shape index (κ2) is 6.97. The van der Waals surface area contributed by atoms with Gasteiger partial charge < -0.3 is 5.11 Å². The molecule has 0 aromatic heterocycles. The van der Waals surface area contributed by atoms with Gasteiger partial charge in [0, 0.05) is 4.90 Å². The van der Waals surface area contributed by atoms with E-state index in [2.05, 4.69) is 38.1 Å². The Morgan fingerprint density at radius 1 is 1.12 bits per heavy atom. The minimum Gasteiger partial charge on any atom is -0.393 e. The van der Waals surface area contributed by atoms with Gasteiger partial charge in [0.05, 0.1) is 6.10 Å². The van der Waals surface area contributed by atoms with Crippen molar-refractivity contribution in [3.05, 3.63) is 30.3 Å². The van der Waals surface area contributed by atoms with Gasteiger partial charge in [0.15, 0.2) is 0 Å². The number of thioether (sulfide) groups is 1. The van der Waals surface area contributed by atoms with E-state index in [0.717, 1.165) is 12.2 Å². The minimum atomic E-state index is -0.198. The fourth-order valence-corrected chi connectivity index (χ4v) is 2.94. The zero-order valence-corrected chi connectivity index (χ0v) is 11.2. The zero-order valence-electron chi connectivity index (χ0n) is 10.4. The van der Waals surface area contributed by atoms with Crippen molar-refractivity contribution in [2.24, 2.45) is 11.8 Å². The van der Waals surface area contributed by atoms with Crippen LogP contribution in [0.25, 0.3) is 0 Å². The summed E-state index contributed by atoms with van der Waals surface area (Å²) >= 11 is 1.87. The van der Waals surface area contributed by atoms with E-state index in [1.165, 1.54) is 4.90 Å². The predicted molar refractivity (Wildman–Crippen MR) is 71.8 cm³/mol. The molecule has 2 unspecified atom stereocenters. The molecule has 0 amide bonds. The average Bonchev–Trinajstić information content (AvgIpc) is 2.24. The molecule has 1 N–H and O–H groups in total. The van der Waals surface area contributed by atoms with Gasteiger partial charge in [-0.2, -0.15) is 0 Å². The molecule has 0 fully saturated rings. The summed E-state index contributed by atoms with van der Waals surface area (Å²) in [5, 5.41) is 9.67. The molecule has 90 valence electrons. The maximum atomic E-state index is 9.67. The van der Waals surface area contributed by atoms with Crippen LogP contribution in [-0.2, 0) is 0 Å². The van der Waals surface area contributed by atoms with Crippen molar-refractivity contribution >= 4 is 11.8 Å². The van der Waals surface area contributed by atoms with Gasteiger partial charge >= 0.3 is 0 Å². The topological polar surface area (TPSA) is 20.2 Å². The molecule has 0 aliphatic rings. The Kier molecular flexibility index (Phi) is 5.93. The molecule has 0 radical (unpaired) electrons. The number of hydrogen-bond acceptors (Lipinski definition) is 2. The minimum absolute atomic E-state index is 0.198. The summed E-state index contributed by atoms with van der Waals surface area (Å²) in [6, 6.07) is 10.4. The van der Waals surface area contributed by atoms with Crippen molar-refractivity contribution in [3.63, 3.8) is 0 Å². The monoisotopic (exact) mass is 238 g/mol. The fraction of sp³-hybridized carbons (Fsp3) is 0.571. The third kappa shape index (κ3) is 4.58. The maximum absolute atomic E-state index is 9.67. The zero-order chi connectivity index (χ0) is 12.0. The number of benzene rings is 1. The van der Waals surface area contributed by atoms with Gasteiger partial charge in [0.2, 0.25) is 0 Å². The van der Waals surface area contributed by atoms with Crippen LogP contribution in [0.15, 0.2) is 35.2 Å². The van der Waals surface area contributed by atoms with E-state index in [9.17, 15) is 5.11 Å². The normalized spacial score (nSPS) is 15.1. The van der Waals surface area contributed by atoms with E-state index in [1.807, 2.05) is 24.8 Å². The smallest absolute Gasteiger partial charge is 0.0543 e. The molecular weight excluding hydrogens is 216 g/mol. The average molecular weight is 238 g/mol. The Morgan fingerprint density at radius 2 is 1.75 bits per heavy atom. The van der Waals surface area contributed by atoms with Gasteiger partial charge in [-0.25, -0.2) is 0 Å². The van der Waals surface area contributed by atoms with Gasteiger partial charge in [0.25, 0.3) is 0 Å². The number of aliphatic hydroxyl groups excluding tert-OH is 1. The maximum Gasteiger partial charge on any atom is 0.0543 e. The van der Waals surface area contributed by atoms with Gasteiger partial charge in [0.1, 0.15) is 0 Å². The number of hydrogen-bond donors (Lipinski definition) is 1. The molecule has 0 spiro atoms. The molecule has 0 bridgehead atoms. The SMILES string of the molecule is CC(C)C(CCSc1ccccc1)C(C)O. The van der Waals surface area contributed by atoms with Gasteiger partial charge in [-0.3, -0.25) is 0 Å². The Labute approximate surface area is 103 Å². The molecular formula is C14H22OS. The van der Waals surface area contributed by atoms with Crippen LogP contribution >= 0.6 is 11.8 Å². The molecule has 1 nitrogen and oxygen atoms in total. The van der Waals surface area contributed by atoms with E-state index in [0.29, 0.717) is 11.8 Å². The first-order valence-electron chi connectivity index (χ1n) is 5.97. The van der Waals surface area contributed by atoms with E-state index in [1.54, 1.807) is 0 Å². The molecule has 1 rings (SSSR count). The Bertz CT molecular complexity index is 274. The highest BCUT2D eigenvalue weighted by atomic mass is 32.2. The summed E-state index contributed by atoms with van der Waals surface area (Å²) in [5.41, 5.74) is 0. The first-order chi connectivity index (χ1) is 7.61. The predicted octanol–water partition coefficient (Wildman–Crippen LogP) is 3.82. The molecule has 0 aliphatic heterocycles. The summed E-state index contributed by atoms with van der Waals surface area (Å²) in [4.78, 5) is 1.32. The highest BCUT2D eigenvalue weighted by Gasteiger charge is 2.18. The first-order valence-corrected chi connectivity index (χ1v) is 6.95. The molecule has 2 heteroatoms. The van der Waals surface area contributed by atoms with Crippen LogP contribution in [0.5, 0.6) is 0 Å². The van der Waals surface area contributed by atoms with Crippen LogP contribution in [0, 0.1) is 11.8 Å². The van der Waals surface area contributed by atoms with E-state index < -0.39 is 0 Å². The summed E-state index contributed by atoms with van der Waals surface area (Å²) in [7, 11) is 0. The van der Waals surface area contributed by atoms with Crippen molar-refractivity contribution in [1.29, 1.82) is 0 Å². The lowest BCUT2D eigenvalue weighted by atomic mass is 9.89. The quantitative estimate of drug-likeness (QED) is 0.760. The molecule has 1 aromatic carbocycles. The van der Waals surface area contributed by atoms with Crippen molar-refractivity contribution in [3.8, 4) is 0 Å². The van der Waals surface area contributed by atoms with E-state index in [4.69, 9.17) is 0 Å². The van der Waals surface area contributed by atoms with Crippen molar-refractivity contribution in [1.82, 2.24) is 0 Å². The van der Waals surface area contributed by atoms with E-state index >= 15 is 0 Å². The van der Waals surface area contributed by atoms with Crippen molar-refractivity contribution < 1.29 is 5.11 Å². The fourth-order valence-electron chi connectivity index (χ4n) is 1.96. The van der Waals surface area contributed by atoms with Gasteiger partial charge in [-0.15, -0.1) is 11.8 Å². The second-order valence-electron chi connectivity index (χ2n) is 4.60. The first kappa shape index (κ1) is 13.6. The van der Waals surface area contributed by atoms with E-state index in [-0.39, 0.29) is 6.10 Å². The standard InChI is InChI=1S/C14H22OS/c1-11(2)14(12(3)15)9-10-16-13-7-5-4-6-8-13/h4-8,11-12,14-15H,9-10H2,1-3H3. The lowest BCUT2D eigenvalue weighted by Gasteiger charge is -2.23. The molecule has 2 atom stereocenters. The van der Waals surface area contributed by atoms with Gasteiger partial charge in [-0.05, 0) is 43.1 Å². The third-order valence-corrected chi connectivity index (χ3v) is 3.98. The lowest BCUT2D eigenvalue weighted by molar-refractivity contribution is 0.0959. The lowest BCUT2D eigenvalue weighted by Crippen LogP contribution is -2.22. The van der Waals surface area contributed by atoms with Crippen LogP contribution in [0.3, 0.4) is 0 Å². The van der Waals surface area contributed by atoms with Crippen LogP contribution in [-0.4, -0.2) is 17.0 Å². The Hall–Kier alpha value is -0.470. The third-order valence-electron chi connectivity index (χ3n) is 2.94. The van der Waals surface area contributed by atoms with Crippen LogP contribution in [0.2, 0.25) is 0 Å². The van der Waals surface area contributed by atoms with Crippen LogP contribution in [0.4, 0.5) is 0 Å². The second-order valence-corrected chi connectivity index (χ2v) is 5.77. The van der Waals surface area contributed by atoms with Crippen molar-refractivity contribution in [2.75, 3.05) is 5.75 Å². The number of aliphatic hydroxyl groups is 1. The highest BCUT2D eigenvalue weighted by molar-refractivity contribution is 7.99. The summed E-state index contributed by atoms with van der Waals surface area (Å²) in [6.45, 7) is 6.27. The Balaban J connectivity index is 2.34. The molecule has 0 aliphatic carbocycles. The van der Waals surface area contributed by atoms with Crippen LogP contribution in [0.1, 0.15) is 27.2 Å². The molecule has 0 heterocycles. The van der Waals surface area contributed by atoms with Gasteiger partial charge in [-0.1, -0.05) is 32.0 Å². The molecule has 16 heavy (non-hydrogen) atoms. The van der Waals surface area contributed by atoms with Crippen LogP contribution < -0.4 is 0 Å². The molecule has 0 saturated carbocycles. The summed E-state index contributed by atoms with van der Waals surface area (Å²) < 4.78 is 0. The largest absolute Gasteiger partial charge is 0.393 e.